The van der Waals surface area contributed by atoms with Gasteiger partial charge in [-0.3, -0.25) is 0 Å². The first-order valence-corrected chi connectivity index (χ1v) is 7.01. The Morgan fingerprint density at radius 2 is 1.07 bits per heavy atom. The summed E-state index contributed by atoms with van der Waals surface area (Å²) in [5.74, 6) is 0. The lowest BCUT2D eigenvalue weighted by Crippen LogP contribution is -2.38. The smallest absolute Gasteiger partial charge is 0.303 e. The second-order valence-corrected chi connectivity index (χ2v) is 5.41. The van der Waals surface area contributed by atoms with E-state index in [1.54, 1.807) is 14.2 Å². The van der Waals surface area contributed by atoms with Crippen LogP contribution in [-0.2, 0) is 8.85 Å². The molecule has 0 atom stereocenters. The SMILES string of the molecule is C1CCN(N2CCCC2)C1.CO[SiH2]OC. The molecule has 2 aliphatic rings. The van der Waals surface area contributed by atoms with Crippen LogP contribution in [-0.4, -0.2) is 60.4 Å². The summed E-state index contributed by atoms with van der Waals surface area (Å²) in [6, 6.07) is 0. The van der Waals surface area contributed by atoms with Gasteiger partial charge in [0.2, 0.25) is 0 Å². The van der Waals surface area contributed by atoms with Gasteiger partial charge in [-0.15, -0.1) is 0 Å². The Hall–Kier alpha value is 0.0569. The molecule has 0 aromatic heterocycles. The molecule has 2 heterocycles. The van der Waals surface area contributed by atoms with E-state index in [4.69, 9.17) is 0 Å². The van der Waals surface area contributed by atoms with Gasteiger partial charge in [-0.2, -0.15) is 0 Å². The van der Waals surface area contributed by atoms with E-state index in [-0.39, 0.29) is 0 Å². The molecule has 2 aliphatic heterocycles. The van der Waals surface area contributed by atoms with Crippen molar-refractivity contribution in [1.29, 1.82) is 0 Å². The molecule has 0 unspecified atom stereocenters. The van der Waals surface area contributed by atoms with Gasteiger partial charge in [-0.25, -0.2) is 10.0 Å². The Bertz CT molecular complexity index is 132. The zero-order chi connectivity index (χ0) is 10.9. The molecule has 0 amide bonds. The van der Waals surface area contributed by atoms with Crippen LogP contribution < -0.4 is 0 Å². The highest BCUT2D eigenvalue weighted by atomic mass is 28.3. The standard InChI is InChI=1S/C8H16N2.C2H8O2Si/c1-2-6-9(5-1)10-7-3-4-8-10;1-3-5-4-2/h1-8H2;5H2,1-2H3. The molecule has 0 aromatic rings. The summed E-state index contributed by atoms with van der Waals surface area (Å²) < 4.78 is 9.22. The van der Waals surface area contributed by atoms with Crippen molar-refractivity contribution in [2.24, 2.45) is 0 Å². The lowest BCUT2D eigenvalue weighted by atomic mass is 10.4. The van der Waals surface area contributed by atoms with Gasteiger partial charge < -0.3 is 8.85 Å². The van der Waals surface area contributed by atoms with E-state index in [0.717, 1.165) is 0 Å². The van der Waals surface area contributed by atoms with Gasteiger partial charge in [0.15, 0.2) is 0 Å². The summed E-state index contributed by atoms with van der Waals surface area (Å²) in [6.45, 7) is 5.28. The second-order valence-electron chi connectivity index (χ2n) is 4.02. The van der Waals surface area contributed by atoms with Crippen LogP contribution in [0.15, 0.2) is 0 Å². The fourth-order valence-electron chi connectivity index (χ4n) is 2.08. The summed E-state index contributed by atoms with van der Waals surface area (Å²) >= 11 is 0. The molecule has 2 rings (SSSR count). The van der Waals surface area contributed by atoms with Crippen molar-refractivity contribution >= 4 is 10.0 Å². The first-order chi connectivity index (χ1) is 7.38. The number of hydrogen-bond donors (Lipinski definition) is 0. The summed E-state index contributed by atoms with van der Waals surface area (Å²) in [4.78, 5) is 0. The summed E-state index contributed by atoms with van der Waals surface area (Å²) in [5.41, 5.74) is 0. The Morgan fingerprint density at radius 1 is 0.733 bits per heavy atom. The van der Waals surface area contributed by atoms with Crippen molar-refractivity contribution in [1.82, 2.24) is 10.0 Å². The maximum absolute atomic E-state index is 4.61. The first-order valence-electron chi connectivity index (χ1n) is 5.86. The fourth-order valence-corrected chi connectivity index (χ4v) is 2.32. The molecule has 0 aromatic carbocycles. The predicted octanol–water partition coefficient (Wildman–Crippen LogP) is 0.371. The average molecular weight is 232 g/mol. The topological polar surface area (TPSA) is 24.9 Å². The van der Waals surface area contributed by atoms with Crippen LogP contribution >= 0.6 is 0 Å². The normalized spacial score (nSPS) is 22.8. The molecule has 0 N–H and O–H groups in total. The maximum atomic E-state index is 4.61. The van der Waals surface area contributed by atoms with Gasteiger partial charge in [-0.05, 0) is 25.7 Å². The second kappa shape index (κ2) is 8.24. The molecule has 2 fully saturated rings. The maximum Gasteiger partial charge on any atom is 0.303 e. The molecule has 2 saturated heterocycles. The highest BCUT2D eigenvalue weighted by Gasteiger charge is 2.21. The molecule has 5 heteroatoms. The van der Waals surface area contributed by atoms with Gasteiger partial charge in [0, 0.05) is 40.4 Å². The summed E-state index contributed by atoms with van der Waals surface area (Å²) in [5, 5.41) is 5.07. The third kappa shape index (κ3) is 5.08. The lowest BCUT2D eigenvalue weighted by Gasteiger charge is -2.26. The number of hydrazine groups is 1. The van der Waals surface area contributed by atoms with E-state index in [1.807, 2.05) is 0 Å². The minimum absolute atomic E-state index is 0.568. The summed E-state index contributed by atoms with van der Waals surface area (Å²) in [7, 11) is 2.73. The largest absolute Gasteiger partial charge is 0.402 e. The molecular weight excluding hydrogens is 208 g/mol. The molecule has 0 bridgehead atoms. The van der Waals surface area contributed by atoms with E-state index < -0.39 is 10.0 Å². The van der Waals surface area contributed by atoms with E-state index >= 15 is 0 Å². The lowest BCUT2D eigenvalue weighted by molar-refractivity contribution is 0.0220. The molecule has 0 aliphatic carbocycles. The van der Waals surface area contributed by atoms with Gasteiger partial charge in [0.1, 0.15) is 0 Å². The van der Waals surface area contributed by atoms with Crippen molar-refractivity contribution in [2.75, 3.05) is 40.4 Å². The number of rotatable bonds is 3. The zero-order valence-corrected chi connectivity index (χ0v) is 11.5. The molecule has 4 nitrogen and oxygen atoms in total. The Labute approximate surface area is 95.6 Å². The van der Waals surface area contributed by atoms with Gasteiger partial charge >= 0.3 is 10.0 Å². The minimum Gasteiger partial charge on any atom is -0.402 e. The van der Waals surface area contributed by atoms with Crippen LogP contribution in [0.25, 0.3) is 0 Å². The predicted molar refractivity (Wildman–Crippen MR) is 64.2 cm³/mol. The van der Waals surface area contributed by atoms with Gasteiger partial charge in [-0.1, -0.05) is 0 Å². The zero-order valence-electron chi connectivity index (χ0n) is 10.1. The summed E-state index contributed by atoms with van der Waals surface area (Å²) in [6.07, 6.45) is 5.65. The highest BCUT2D eigenvalue weighted by Crippen LogP contribution is 2.16. The quantitative estimate of drug-likeness (QED) is 0.657. The Morgan fingerprint density at radius 3 is 1.27 bits per heavy atom. The van der Waals surface area contributed by atoms with Crippen LogP contribution in [0.2, 0.25) is 0 Å². The Kier molecular flexibility index (Phi) is 7.21. The van der Waals surface area contributed by atoms with Crippen LogP contribution in [0.4, 0.5) is 0 Å². The Balaban J connectivity index is 0.000000195. The van der Waals surface area contributed by atoms with Crippen LogP contribution in [0.1, 0.15) is 25.7 Å². The molecule has 15 heavy (non-hydrogen) atoms. The number of nitrogens with zero attached hydrogens (tertiary/aromatic N) is 2. The molecule has 90 valence electrons. The molecule has 0 radical (unpaired) electrons. The van der Waals surface area contributed by atoms with Crippen molar-refractivity contribution < 1.29 is 8.85 Å². The van der Waals surface area contributed by atoms with Crippen molar-refractivity contribution in [3.63, 3.8) is 0 Å². The van der Waals surface area contributed by atoms with Crippen molar-refractivity contribution in [3.8, 4) is 0 Å². The van der Waals surface area contributed by atoms with Crippen LogP contribution in [0, 0.1) is 0 Å². The molecular formula is C10H24N2O2Si. The monoisotopic (exact) mass is 232 g/mol. The van der Waals surface area contributed by atoms with Crippen LogP contribution in [0.5, 0.6) is 0 Å². The van der Waals surface area contributed by atoms with E-state index in [2.05, 4.69) is 18.9 Å². The van der Waals surface area contributed by atoms with Crippen molar-refractivity contribution in [2.45, 2.75) is 25.7 Å². The van der Waals surface area contributed by atoms with Gasteiger partial charge in [0.25, 0.3) is 0 Å². The van der Waals surface area contributed by atoms with Gasteiger partial charge in [0.05, 0.1) is 0 Å². The van der Waals surface area contributed by atoms with E-state index in [9.17, 15) is 0 Å². The first kappa shape index (κ1) is 13.1. The van der Waals surface area contributed by atoms with Crippen molar-refractivity contribution in [3.05, 3.63) is 0 Å². The highest BCUT2D eigenvalue weighted by molar-refractivity contribution is 6.17. The third-order valence-corrected chi connectivity index (χ3v) is 3.27. The minimum atomic E-state index is -0.568. The van der Waals surface area contributed by atoms with Crippen LogP contribution in [0.3, 0.4) is 0 Å². The van der Waals surface area contributed by atoms with E-state index in [1.165, 1.54) is 51.9 Å². The van der Waals surface area contributed by atoms with E-state index in [0.29, 0.717) is 0 Å². The molecule has 0 spiro atoms. The number of hydrogen-bond acceptors (Lipinski definition) is 4. The molecule has 0 saturated carbocycles. The average Bonchev–Trinajstić information content (AvgIpc) is 2.93. The fraction of sp³-hybridized carbons (Fsp3) is 1.00. The third-order valence-electron chi connectivity index (χ3n) is 2.80.